The number of aliphatic hydroxyl groups is 1. The molecular formula is C10H14BrNO2. The van der Waals surface area contributed by atoms with E-state index < -0.39 is 5.60 Å². The number of halogens is 1. The number of furan rings is 1. The molecule has 4 heteroatoms. The Hall–Kier alpha value is -0.320. The summed E-state index contributed by atoms with van der Waals surface area (Å²) in [6.45, 7) is 2.73. The third kappa shape index (κ3) is 1.51. The quantitative estimate of drug-likeness (QED) is 0.838. The van der Waals surface area contributed by atoms with E-state index in [4.69, 9.17) is 4.42 Å². The van der Waals surface area contributed by atoms with Crippen LogP contribution in [0.1, 0.15) is 19.1 Å². The molecule has 78 valence electrons. The second kappa shape index (κ2) is 3.36. The molecule has 1 aliphatic rings. The lowest BCUT2D eigenvalue weighted by Gasteiger charge is -2.19. The molecule has 1 N–H and O–H groups in total. The van der Waals surface area contributed by atoms with Crippen LogP contribution in [0.2, 0.25) is 0 Å². The Morgan fingerprint density at radius 1 is 1.71 bits per heavy atom. The highest BCUT2D eigenvalue weighted by molar-refractivity contribution is 9.10. The van der Waals surface area contributed by atoms with E-state index in [0.717, 1.165) is 10.9 Å². The van der Waals surface area contributed by atoms with Crippen LogP contribution < -0.4 is 0 Å². The van der Waals surface area contributed by atoms with Gasteiger partial charge < -0.3 is 14.4 Å². The fourth-order valence-electron chi connectivity index (χ4n) is 2.07. The predicted molar refractivity (Wildman–Crippen MR) is 57.0 cm³/mol. The third-order valence-electron chi connectivity index (χ3n) is 2.94. The molecule has 2 heterocycles. The Morgan fingerprint density at radius 3 is 2.86 bits per heavy atom. The van der Waals surface area contributed by atoms with Crippen molar-refractivity contribution in [2.75, 3.05) is 13.6 Å². The van der Waals surface area contributed by atoms with Crippen LogP contribution in [-0.4, -0.2) is 29.6 Å². The van der Waals surface area contributed by atoms with Crippen molar-refractivity contribution in [3.05, 3.63) is 22.6 Å². The zero-order valence-corrected chi connectivity index (χ0v) is 9.91. The molecule has 1 aliphatic heterocycles. The summed E-state index contributed by atoms with van der Waals surface area (Å²) in [4.78, 5) is 2.13. The molecule has 1 saturated heterocycles. The van der Waals surface area contributed by atoms with Crippen LogP contribution in [0.4, 0.5) is 0 Å². The lowest BCUT2D eigenvalue weighted by molar-refractivity contribution is 0.0254. The summed E-state index contributed by atoms with van der Waals surface area (Å²) in [5.41, 5.74) is -0.837. The van der Waals surface area contributed by atoms with Crippen LogP contribution in [-0.2, 0) is 5.60 Å². The molecule has 0 amide bonds. The van der Waals surface area contributed by atoms with Crippen LogP contribution in [0.25, 0.3) is 0 Å². The van der Waals surface area contributed by atoms with Gasteiger partial charge in [0.05, 0.1) is 10.7 Å². The normalized spacial score (nSPS) is 33.9. The van der Waals surface area contributed by atoms with E-state index in [1.54, 1.807) is 6.26 Å². The Bertz CT molecular complexity index is 327. The number of rotatable bonds is 1. The number of hydrogen-bond acceptors (Lipinski definition) is 3. The largest absolute Gasteiger partial charge is 0.465 e. The van der Waals surface area contributed by atoms with Gasteiger partial charge in [0.2, 0.25) is 0 Å². The highest BCUT2D eigenvalue weighted by Crippen LogP contribution is 2.38. The number of likely N-dealkylation sites (tertiary alicyclic amines) is 1. The zero-order valence-electron chi connectivity index (χ0n) is 8.33. The lowest BCUT2D eigenvalue weighted by Crippen LogP contribution is -2.29. The van der Waals surface area contributed by atoms with Gasteiger partial charge in [0.25, 0.3) is 0 Å². The van der Waals surface area contributed by atoms with Crippen LogP contribution in [0.5, 0.6) is 0 Å². The van der Waals surface area contributed by atoms with Gasteiger partial charge in [-0.15, -0.1) is 0 Å². The minimum Gasteiger partial charge on any atom is -0.465 e. The number of nitrogens with zero attached hydrogens (tertiary/aromatic N) is 1. The van der Waals surface area contributed by atoms with Crippen molar-refractivity contribution in [1.29, 1.82) is 0 Å². The number of β-amino-alcohol motifs (C(OH)–C–C–N with tert-alkyl or cyclic N) is 1. The highest BCUT2D eigenvalue weighted by Gasteiger charge is 2.43. The fraction of sp³-hybridized carbons (Fsp3) is 0.600. The molecule has 14 heavy (non-hydrogen) atoms. The average Bonchev–Trinajstić information content (AvgIpc) is 2.59. The summed E-state index contributed by atoms with van der Waals surface area (Å²) in [6.07, 6.45) is 2.32. The monoisotopic (exact) mass is 259 g/mol. The van der Waals surface area contributed by atoms with Crippen molar-refractivity contribution in [3.8, 4) is 0 Å². The molecule has 0 aliphatic carbocycles. The topological polar surface area (TPSA) is 36.6 Å². The Balaban J connectivity index is 2.31. The summed E-state index contributed by atoms with van der Waals surface area (Å²) in [5.74, 6) is 0.647. The van der Waals surface area contributed by atoms with E-state index in [-0.39, 0.29) is 0 Å². The molecule has 1 fully saturated rings. The van der Waals surface area contributed by atoms with Gasteiger partial charge in [-0.2, -0.15) is 0 Å². The van der Waals surface area contributed by atoms with Crippen LogP contribution >= 0.6 is 15.9 Å². The standard InChI is InChI=1S/C10H14BrNO2/c1-7-5-10(13,6-12(7)2)9-8(11)3-4-14-9/h3-4,7,13H,5-6H2,1-2H3. The van der Waals surface area contributed by atoms with Gasteiger partial charge >= 0.3 is 0 Å². The van der Waals surface area contributed by atoms with Gasteiger partial charge in [0.15, 0.2) is 5.76 Å². The van der Waals surface area contributed by atoms with Crippen molar-refractivity contribution >= 4 is 15.9 Å². The van der Waals surface area contributed by atoms with Crippen molar-refractivity contribution < 1.29 is 9.52 Å². The molecule has 0 aromatic carbocycles. The maximum atomic E-state index is 10.4. The Labute approximate surface area is 91.8 Å². The first-order chi connectivity index (χ1) is 6.53. The molecular weight excluding hydrogens is 246 g/mol. The molecule has 2 rings (SSSR count). The summed E-state index contributed by atoms with van der Waals surface area (Å²) in [6, 6.07) is 2.20. The first-order valence-electron chi connectivity index (χ1n) is 4.69. The maximum Gasteiger partial charge on any atom is 0.150 e. The van der Waals surface area contributed by atoms with E-state index in [1.807, 2.05) is 13.1 Å². The molecule has 0 spiro atoms. The van der Waals surface area contributed by atoms with Gasteiger partial charge in [0.1, 0.15) is 5.60 Å². The summed E-state index contributed by atoms with van der Waals surface area (Å²) >= 11 is 3.38. The molecule has 1 aromatic rings. The maximum absolute atomic E-state index is 10.4. The zero-order chi connectivity index (χ0) is 10.3. The molecule has 0 radical (unpaired) electrons. The van der Waals surface area contributed by atoms with E-state index in [2.05, 4.69) is 27.8 Å². The molecule has 3 nitrogen and oxygen atoms in total. The second-order valence-electron chi connectivity index (χ2n) is 4.10. The van der Waals surface area contributed by atoms with Gasteiger partial charge in [0, 0.05) is 12.6 Å². The first kappa shape index (κ1) is 10.2. The SMILES string of the molecule is CC1CC(O)(c2occc2Br)CN1C. The van der Waals surface area contributed by atoms with E-state index in [1.165, 1.54) is 0 Å². The Kier molecular flexibility index (Phi) is 2.45. The third-order valence-corrected chi connectivity index (χ3v) is 3.56. The average molecular weight is 260 g/mol. The van der Waals surface area contributed by atoms with Gasteiger partial charge in [-0.25, -0.2) is 0 Å². The van der Waals surface area contributed by atoms with Gasteiger partial charge in [-0.3, -0.25) is 0 Å². The Morgan fingerprint density at radius 2 is 2.43 bits per heavy atom. The summed E-state index contributed by atoms with van der Waals surface area (Å²) in [7, 11) is 2.01. The van der Waals surface area contributed by atoms with Crippen LogP contribution in [0.15, 0.2) is 21.2 Å². The molecule has 0 saturated carbocycles. The van der Waals surface area contributed by atoms with Crippen molar-refractivity contribution in [3.63, 3.8) is 0 Å². The van der Waals surface area contributed by atoms with Gasteiger partial charge in [-0.05, 0) is 42.4 Å². The second-order valence-corrected chi connectivity index (χ2v) is 4.95. The van der Waals surface area contributed by atoms with Gasteiger partial charge in [-0.1, -0.05) is 0 Å². The van der Waals surface area contributed by atoms with E-state index in [9.17, 15) is 5.11 Å². The molecule has 2 unspecified atom stereocenters. The molecule has 0 bridgehead atoms. The predicted octanol–water partition coefficient (Wildman–Crippen LogP) is 1.95. The number of likely N-dealkylation sites (N-methyl/N-ethyl adjacent to an activating group) is 1. The van der Waals surface area contributed by atoms with Crippen LogP contribution in [0, 0.1) is 0 Å². The minimum atomic E-state index is -0.837. The van der Waals surface area contributed by atoms with Crippen molar-refractivity contribution in [2.45, 2.75) is 25.0 Å². The first-order valence-corrected chi connectivity index (χ1v) is 5.48. The molecule has 1 aromatic heterocycles. The highest BCUT2D eigenvalue weighted by atomic mass is 79.9. The number of hydrogen-bond donors (Lipinski definition) is 1. The molecule has 2 atom stereocenters. The van der Waals surface area contributed by atoms with E-state index >= 15 is 0 Å². The van der Waals surface area contributed by atoms with Crippen LogP contribution in [0.3, 0.4) is 0 Å². The van der Waals surface area contributed by atoms with E-state index in [0.29, 0.717) is 18.3 Å². The lowest BCUT2D eigenvalue weighted by atomic mass is 9.98. The fourth-order valence-corrected chi connectivity index (χ4v) is 2.64. The van der Waals surface area contributed by atoms with Crippen molar-refractivity contribution in [2.24, 2.45) is 0 Å². The summed E-state index contributed by atoms with van der Waals surface area (Å²) in [5, 5.41) is 10.4. The smallest absolute Gasteiger partial charge is 0.150 e. The van der Waals surface area contributed by atoms with Crippen molar-refractivity contribution in [1.82, 2.24) is 4.90 Å². The minimum absolute atomic E-state index is 0.386. The summed E-state index contributed by atoms with van der Waals surface area (Å²) < 4.78 is 6.17.